The maximum atomic E-state index is 11.4. The molecule has 0 saturated heterocycles. The van der Waals surface area contributed by atoms with E-state index < -0.39 is 0 Å². The van der Waals surface area contributed by atoms with Gasteiger partial charge in [0.25, 0.3) is 5.95 Å². The molecular weight excluding hydrogens is 340 g/mol. The van der Waals surface area contributed by atoms with Crippen molar-refractivity contribution in [1.82, 2.24) is 19.7 Å². The summed E-state index contributed by atoms with van der Waals surface area (Å²) >= 11 is 5.68. The van der Waals surface area contributed by atoms with Crippen LogP contribution in [-0.2, 0) is 4.79 Å². The molecule has 0 unspecified atom stereocenters. The minimum absolute atomic E-state index is 0.246. The van der Waals surface area contributed by atoms with Gasteiger partial charge in [-0.1, -0.05) is 24.3 Å². The summed E-state index contributed by atoms with van der Waals surface area (Å²) < 4.78 is 1.59. The first-order chi connectivity index (χ1) is 11.8. The van der Waals surface area contributed by atoms with Gasteiger partial charge in [-0.25, -0.2) is 9.67 Å². The number of hydrogen-bond donors (Lipinski definition) is 2. The number of hydrogen-bond acceptors (Lipinski definition) is 5. The summed E-state index contributed by atoms with van der Waals surface area (Å²) in [5.74, 6) is 0.404. The van der Waals surface area contributed by atoms with Crippen molar-refractivity contribution in [3.8, 4) is 5.95 Å². The molecule has 2 aromatic heterocycles. The summed E-state index contributed by atoms with van der Waals surface area (Å²) in [4.78, 5) is 20.2. The summed E-state index contributed by atoms with van der Waals surface area (Å²) in [6.07, 6.45) is 4.90. The number of rotatable bonds is 5. The van der Waals surface area contributed by atoms with Gasteiger partial charge in [-0.15, -0.1) is 0 Å². The van der Waals surface area contributed by atoms with Crippen LogP contribution in [0.4, 0.5) is 5.82 Å². The van der Waals surface area contributed by atoms with Crippen molar-refractivity contribution in [3.63, 3.8) is 0 Å². The van der Waals surface area contributed by atoms with Crippen molar-refractivity contribution in [2.75, 3.05) is 5.32 Å². The number of nitrogens with one attached hydrogen (secondary N) is 1. The van der Waals surface area contributed by atoms with Crippen molar-refractivity contribution in [3.05, 3.63) is 59.1 Å². The van der Waals surface area contributed by atoms with Gasteiger partial charge in [-0.05, 0) is 32.1 Å². The molecular formula is C17H19ClN6O. The summed E-state index contributed by atoms with van der Waals surface area (Å²) in [5, 5.41) is 7.39. The van der Waals surface area contributed by atoms with Gasteiger partial charge in [-0.3, -0.25) is 4.79 Å². The Morgan fingerprint density at radius 3 is 2.64 bits per heavy atom. The molecule has 0 aliphatic rings. The number of nitrogens with two attached hydrogens (primary N) is 1. The molecule has 1 amide bonds. The third kappa shape index (κ3) is 5.02. The third-order valence-corrected chi connectivity index (χ3v) is 3.19. The lowest BCUT2D eigenvalue weighted by Gasteiger charge is -2.09. The molecule has 2 rings (SSSR count). The van der Waals surface area contributed by atoms with Gasteiger partial charge in [0.2, 0.25) is 5.91 Å². The Labute approximate surface area is 150 Å². The molecule has 0 aliphatic heterocycles. The number of anilines is 1. The van der Waals surface area contributed by atoms with E-state index >= 15 is 0 Å². The van der Waals surface area contributed by atoms with Crippen LogP contribution in [-0.4, -0.2) is 25.7 Å². The quantitative estimate of drug-likeness (QED) is 0.801. The molecule has 8 heteroatoms. The highest BCUT2D eigenvalue weighted by atomic mass is 35.5. The summed E-state index contributed by atoms with van der Waals surface area (Å²) in [7, 11) is 0. The number of halogens is 1. The molecule has 0 aliphatic carbocycles. The van der Waals surface area contributed by atoms with Crippen LogP contribution in [0.15, 0.2) is 42.0 Å². The number of carbonyl (C=O) groups is 1. The van der Waals surface area contributed by atoms with Crippen molar-refractivity contribution < 1.29 is 4.79 Å². The highest BCUT2D eigenvalue weighted by Crippen LogP contribution is 2.16. The van der Waals surface area contributed by atoms with E-state index in [-0.39, 0.29) is 5.91 Å². The fourth-order valence-corrected chi connectivity index (χ4v) is 2.17. The highest BCUT2D eigenvalue weighted by molar-refractivity contribution is 6.30. The van der Waals surface area contributed by atoms with Crippen molar-refractivity contribution in [1.29, 1.82) is 0 Å². The Morgan fingerprint density at radius 1 is 1.36 bits per heavy atom. The third-order valence-electron chi connectivity index (χ3n) is 3.07. The molecule has 25 heavy (non-hydrogen) atoms. The van der Waals surface area contributed by atoms with E-state index in [0.29, 0.717) is 28.2 Å². The van der Waals surface area contributed by atoms with Gasteiger partial charge in [0, 0.05) is 23.7 Å². The molecule has 2 aromatic rings. The predicted molar refractivity (Wildman–Crippen MR) is 99.2 cm³/mol. The lowest BCUT2D eigenvalue weighted by Crippen LogP contribution is -2.14. The van der Waals surface area contributed by atoms with Crippen LogP contribution in [0.5, 0.6) is 0 Å². The van der Waals surface area contributed by atoms with E-state index in [0.717, 1.165) is 11.4 Å². The zero-order valence-corrected chi connectivity index (χ0v) is 15.0. The fraction of sp³-hybridized carbons (Fsp3) is 0.176. The molecule has 0 atom stereocenters. The van der Waals surface area contributed by atoms with Crippen molar-refractivity contribution in [2.24, 2.45) is 5.73 Å². The number of aromatic nitrogens is 4. The normalized spacial score (nSPS) is 11.8. The molecule has 3 N–H and O–H groups in total. The van der Waals surface area contributed by atoms with E-state index in [1.165, 1.54) is 6.92 Å². The van der Waals surface area contributed by atoms with Crippen LogP contribution in [0.3, 0.4) is 0 Å². The average Bonchev–Trinajstić information content (AvgIpc) is 2.84. The lowest BCUT2D eigenvalue weighted by atomic mass is 10.2. The van der Waals surface area contributed by atoms with Crippen LogP contribution in [0.2, 0.25) is 0 Å². The minimum atomic E-state index is -0.246. The first-order valence-corrected chi connectivity index (χ1v) is 7.83. The molecule has 0 radical (unpaired) electrons. The van der Waals surface area contributed by atoms with Crippen molar-refractivity contribution >= 4 is 29.0 Å². The first kappa shape index (κ1) is 18.4. The van der Waals surface area contributed by atoms with Crippen LogP contribution in [0.1, 0.15) is 24.0 Å². The Hall–Kier alpha value is -2.93. The Kier molecular flexibility index (Phi) is 5.71. The number of carbonyl (C=O) groups excluding carboxylic acids is 1. The standard InChI is InChI=1S/C17H19ClN6O/c1-10(18)6-5-7-14(19)15-9-16(20-13(4)25)22-17(21-15)24-12(3)8-11(2)23-24/h5-9H,1,19H2,2-4H3,(H,20,21,22,25)/b6-5-,14-7-. The number of allylic oxidation sites excluding steroid dienone is 4. The van der Waals surface area contributed by atoms with E-state index in [4.69, 9.17) is 17.3 Å². The van der Waals surface area contributed by atoms with Crippen LogP contribution in [0, 0.1) is 13.8 Å². The fourth-order valence-electron chi connectivity index (χ4n) is 2.09. The van der Waals surface area contributed by atoms with Crippen molar-refractivity contribution in [2.45, 2.75) is 20.8 Å². The predicted octanol–water partition coefficient (Wildman–Crippen LogP) is 2.85. The molecule has 0 bridgehead atoms. The monoisotopic (exact) mass is 358 g/mol. The highest BCUT2D eigenvalue weighted by Gasteiger charge is 2.12. The zero-order valence-electron chi connectivity index (χ0n) is 14.2. The molecule has 0 aromatic carbocycles. The van der Waals surface area contributed by atoms with Gasteiger partial charge in [0.1, 0.15) is 5.82 Å². The van der Waals surface area contributed by atoms with E-state index in [1.807, 2.05) is 19.9 Å². The van der Waals surface area contributed by atoms with Crippen LogP contribution < -0.4 is 11.1 Å². The zero-order chi connectivity index (χ0) is 18.6. The summed E-state index contributed by atoms with van der Waals surface area (Å²) in [5.41, 5.74) is 8.60. The molecule has 0 saturated carbocycles. The molecule has 0 spiro atoms. The number of amides is 1. The molecule has 0 fully saturated rings. The van der Waals surface area contributed by atoms with Gasteiger partial charge in [-0.2, -0.15) is 10.1 Å². The molecule has 7 nitrogen and oxygen atoms in total. The average molecular weight is 359 g/mol. The van der Waals surface area contributed by atoms with E-state index in [9.17, 15) is 4.79 Å². The second-order valence-electron chi connectivity index (χ2n) is 5.39. The summed E-state index contributed by atoms with van der Waals surface area (Å²) in [6.45, 7) is 8.73. The Bertz CT molecular complexity index is 881. The summed E-state index contributed by atoms with van der Waals surface area (Å²) in [6, 6.07) is 3.49. The maximum absolute atomic E-state index is 11.4. The van der Waals surface area contributed by atoms with Crippen LogP contribution in [0.25, 0.3) is 11.6 Å². The van der Waals surface area contributed by atoms with Crippen LogP contribution >= 0.6 is 11.6 Å². The molecule has 130 valence electrons. The van der Waals surface area contributed by atoms with Gasteiger partial charge < -0.3 is 11.1 Å². The second-order valence-corrected chi connectivity index (χ2v) is 5.87. The smallest absolute Gasteiger partial charge is 0.253 e. The Balaban J connectivity index is 2.52. The number of nitrogens with zero attached hydrogens (tertiary/aromatic N) is 4. The topological polar surface area (TPSA) is 98.7 Å². The Morgan fingerprint density at radius 2 is 2.08 bits per heavy atom. The largest absolute Gasteiger partial charge is 0.397 e. The van der Waals surface area contributed by atoms with E-state index in [1.54, 1.807) is 29.0 Å². The van der Waals surface area contributed by atoms with E-state index in [2.05, 4.69) is 27.0 Å². The molecule has 2 heterocycles. The van der Waals surface area contributed by atoms with Gasteiger partial charge in [0.05, 0.1) is 17.1 Å². The number of aryl methyl sites for hydroxylation is 2. The SMILES string of the molecule is C=C(Cl)/C=C\C=C(/N)c1cc(NC(C)=O)nc(-n2nc(C)cc2C)n1. The first-order valence-electron chi connectivity index (χ1n) is 7.45. The van der Waals surface area contributed by atoms with Gasteiger partial charge >= 0.3 is 0 Å². The maximum Gasteiger partial charge on any atom is 0.253 e. The lowest BCUT2D eigenvalue weighted by molar-refractivity contribution is -0.114. The van der Waals surface area contributed by atoms with Gasteiger partial charge in [0.15, 0.2) is 0 Å². The minimum Gasteiger partial charge on any atom is -0.397 e. The second kappa shape index (κ2) is 7.76.